The molecule has 2 rings (SSSR count). The first kappa shape index (κ1) is 18.8. The van der Waals surface area contributed by atoms with Crippen LogP contribution in [0.1, 0.15) is 43.1 Å². The Kier molecular flexibility index (Phi) is 6.42. The second kappa shape index (κ2) is 8.53. The summed E-state index contributed by atoms with van der Waals surface area (Å²) in [5, 5.41) is 3.42. The van der Waals surface area contributed by atoms with Crippen LogP contribution in [-0.2, 0) is 6.54 Å². The fourth-order valence-electron chi connectivity index (χ4n) is 2.15. The second-order valence-corrected chi connectivity index (χ2v) is 7.08. The number of amides is 1. The lowest BCUT2D eigenvalue weighted by atomic mass is 9.92. The van der Waals surface area contributed by atoms with Crippen molar-refractivity contribution in [3.8, 4) is 11.6 Å². The number of hydrogen-bond acceptors (Lipinski definition) is 4. The van der Waals surface area contributed by atoms with E-state index in [4.69, 9.17) is 4.74 Å². The molecule has 0 spiro atoms. The number of ether oxygens (including phenoxy) is 1. The molecule has 132 valence electrons. The van der Waals surface area contributed by atoms with E-state index in [0.717, 1.165) is 25.1 Å². The molecule has 25 heavy (non-hydrogen) atoms. The van der Waals surface area contributed by atoms with Crippen molar-refractivity contribution in [2.75, 3.05) is 6.54 Å². The number of nitrogens with zero attached hydrogens (tertiary/aromatic N) is 2. The molecule has 1 aromatic carbocycles. The normalized spacial score (nSPS) is 11.2. The van der Waals surface area contributed by atoms with Crippen LogP contribution in [0.2, 0.25) is 0 Å². The van der Waals surface area contributed by atoms with E-state index < -0.39 is 0 Å². The highest BCUT2D eigenvalue weighted by molar-refractivity contribution is 5.97. The predicted octanol–water partition coefficient (Wildman–Crippen LogP) is 4.24. The summed E-state index contributed by atoms with van der Waals surface area (Å²) < 4.78 is 5.68. The minimum absolute atomic E-state index is 0.338. The van der Waals surface area contributed by atoms with Crippen LogP contribution in [-0.4, -0.2) is 24.2 Å². The van der Waals surface area contributed by atoms with Gasteiger partial charge in [-0.2, -0.15) is 0 Å². The fourth-order valence-corrected chi connectivity index (χ4v) is 2.15. The molecule has 1 amide bonds. The van der Waals surface area contributed by atoms with Crippen LogP contribution in [0.4, 0.5) is 0 Å². The van der Waals surface area contributed by atoms with E-state index in [1.54, 1.807) is 30.5 Å². The Morgan fingerprint density at radius 2 is 1.92 bits per heavy atom. The van der Waals surface area contributed by atoms with Crippen molar-refractivity contribution in [3.05, 3.63) is 53.7 Å². The van der Waals surface area contributed by atoms with E-state index in [-0.39, 0.29) is 5.91 Å². The van der Waals surface area contributed by atoms with Gasteiger partial charge in [-0.05, 0) is 54.9 Å². The molecule has 2 aromatic rings. The molecule has 0 saturated carbocycles. The number of carbonyl (C=O) groups excluding carboxylic acids is 1. The molecule has 0 aliphatic rings. The summed E-state index contributed by atoms with van der Waals surface area (Å²) in [4.78, 5) is 19.1. The summed E-state index contributed by atoms with van der Waals surface area (Å²) in [5.74, 6) is 0.775. The summed E-state index contributed by atoms with van der Waals surface area (Å²) in [7, 11) is 0. The molecular weight excluding hydrogens is 314 g/mol. The number of pyridine rings is 1. The third-order valence-electron chi connectivity index (χ3n) is 3.65. The van der Waals surface area contributed by atoms with Crippen LogP contribution in [0.3, 0.4) is 0 Å². The Balaban J connectivity index is 1.85. The molecule has 0 atom stereocenters. The molecule has 5 heteroatoms. The molecule has 1 heterocycles. The topological polar surface area (TPSA) is 63.6 Å². The molecule has 0 unspecified atom stereocenters. The lowest BCUT2D eigenvalue weighted by Gasteiger charge is -2.18. The Morgan fingerprint density at radius 1 is 1.20 bits per heavy atom. The summed E-state index contributed by atoms with van der Waals surface area (Å²) in [6.45, 7) is 11.7. The van der Waals surface area contributed by atoms with Crippen LogP contribution in [0.15, 0.2) is 47.6 Å². The van der Waals surface area contributed by atoms with Gasteiger partial charge >= 0.3 is 0 Å². The summed E-state index contributed by atoms with van der Waals surface area (Å²) >= 11 is 0. The molecule has 0 aliphatic heterocycles. The van der Waals surface area contributed by atoms with Gasteiger partial charge in [0, 0.05) is 24.4 Å². The van der Waals surface area contributed by atoms with E-state index >= 15 is 0 Å². The van der Waals surface area contributed by atoms with Crippen molar-refractivity contribution in [2.24, 2.45) is 10.4 Å². The average molecular weight is 339 g/mol. The Bertz CT molecular complexity index is 701. The number of carbonyl (C=O) groups is 1. The highest BCUT2D eigenvalue weighted by Gasteiger charge is 2.09. The number of nitrogens with one attached hydrogen (secondary N) is 1. The number of aliphatic imine (C=N–C) groups is 1. The van der Waals surface area contributed by atoms with Gasteiger partial charge < -0.3 is 10.1 Å². The van der Waals surface area contributed by atoms with Gasteiger partial charge in [0.1, 0.15) is 5.75 Å². The number of hydrogen-bond donors (Lipinski definition) is 1. The standard InChI is InChI=1S/C20H25N3O2/c1-20(2,3)11-12-22-13-15-5-10-18(23-14-15)25-17-8-6-16(7-9-17)19(24)21-4/h5-10,14,22H,4,11-13H2,1-3H3. The van der Waals surface area contributed by atoms with Crippen LogP contribution >= 0.6 is 0 Å². The van der Waals surface area contributed by atoms with Gasteiger partial charge in [-0.15, -0.1) is 0 Å². The van der Waals surface area contributed by atoms with Crippen LogP contribution in [0.5, 0.6) is 11.6 Å². The van der Waals surface area contributed by atoms with Crippen molar-refractivity contribution < 1.29 is 9.53 Å². The number of aromatic nitrogens is 1. The molecule has 1 aromatic heterocycles. The van der Waals surface area contributed by atoms with Gasteiger partial charge in [0.25, 0.3) is 5.91 Å². The zero-order valence-electron chi connectivity index (χ0n) is 15.1. The summed E-state index contributed by atoms with van der Waals surface area (Å²) in [5.41, 5.74) is 1.93. The predicted molar refractivity (Wildman–Crippen MR) is 100 cm³/mol. The first-order chi connectivity index (χ1) is 11.9. The molecule has 0 aliphatic carbocycles. The highest BCUT2D eigenvalue weighted by atomic mass is 16.5. The maximum Gasteiger partial charge on any atom is 0.276 e. The van der Waals surface area contributed by atoms with E-state index in [2.05, 4.69) is 42.8 Å². The maximum absolute atomic E-state index is 11.4. The Morgan fingerprint density at radius 3 is 2.48 bits per heavy atom. The van der Waals surface area contributed by atoms with Crippen LogP contribution in [0, 0.1) is 5.41 Å². The van der Waals surface area contributed by atoms with E-state index in [9.17, 15) is 4.79 Å². The van der Waals surface area contributed by atoms with Crippen LogP contribution in [0.25, 0.3) is 0 Å². The molecule has 0 fully saturated rings. The molecule has 0 saturated heterocycles. The first-order valence-electron chi connectivity index (χ1n) is 8.32. The summed E-state index contributed by atoms with van der Waals surface area (Å²) in [6.07, 6.45) is 2.93. The van der Waals surface area contributed by atoms with Crippen molar-refractivity contribution in [3.63, 3.8) is 0 Å². The monoisotopic (exact) mass is 339 g/mol. The Labute approximate surface area is 149 Å². The van der Waals surface area contributed by atoms with Gasteiger partial charge in [0.05, 0.1) is 0 Å². The summed E-state index contributed by atoms with van der Waals surface area (Å²) in [6, 6.07) is 10.6. The number of rotatable bonds is 7. The lowest BCUT2D eigenvalue weighted by Crippen LogP contribution is -2.20. The molecule has 5 nitrogen and oxygen atoms in total. The van der Waals surface area contributed by atoms with Gasteiger partial charge in [-0.25, -0.2) is 9.98 Å². The molecule has 1 N–H and O–H groups in total. The van der Waals surface area contributed by atoms with Crippen molar-refractivity contribution in [1.82, 2.24) is 10.3 Å². The average Bonchev–Trinajstić information content (AvgIpc) is 2.59. The van der Waals surface area contributed by atoms with E-state index in [1.165, 1.54) is 0 Å². The second-order valence-electron chi connectivity index (χ2n) is 7.08. The first-order valence-corrected chi connectivity index (χ1v) is 8.32. The largest absolute Gasteiger partial charge is 0.439 e. The molecule has 0 bridgehead atoms. The van der Waals surface area contributed by atoms with E-state index in [1.807, 2.05) is 12.1 Å². The minimum atomic E-state index is -0.354. The highest BCUT2D eigenvalue weighted by Crippen LogP contribution is 2.20. The zero-order valence-corrected chi connectivity index (χ0v) is 15.1. The third-order valence-corrected chi connectivity index (χ3v) is 3.65. The zero-order chi connectivity index (χ0) is 18.3. The minimum Gasteiger partial charge on any atom is -0.439 e. The van der Waals surface area contributed by atoms with Gasteiger partial charge in [0.15, 0.2) is 0 Å². The SMILES string of the molecule is C=NC(=O)c1ccc(Oc2ccc(CNCCC(C)(C)C)cn2)cc1. The quantitative estimate of drug-likeness (QED) is 0.605. The molecular formula is C20H25N3O2. The van der Waals surface area contributed by atoms with Gasteiger partial charge in [-0.1, -0.05) is 26.8 Å². The van der Waals surface area contributed by atoms with Crippen molar-refractivity contribution in [1.29, 1.82) is 0 Å². The van der Waals surface area contributed by atoms with Crippen molar-refractivity contribution >= 4 is 12.6 Å². The lowest BCUT2D eigenvalue weighted by molar-refractivity contribution is 0.100. The van der Waals surface area contributed by atoms with Gasteiger partial charge in [-0.3, -0.25) is 4.79 Å². The number of benzene rings is 1. The fraction of sp³-hybridized carbons (Fsp3) is 0.350. The van der Waals surface area contributed by atoms with Gasteiger partial charge in [0.2, 0.25) is 5.88 Å². The smallest absolute Gasteiger partial charge is 0.276 e. The van der Waals surface area contributed by atoms with E-state index in [0.29, 0.717) is 22.6 Å². The van der Waals surface area contributed by atoms with Crippen LogP contribution < -0.4 is 10.1 Å². The third kappa shape index (κ3) is 6.47. The van der Waals surface area contributed by atoms with Crippen molar-refractivity contribution in [2.45, 2.75) is 33.7 Å². The Hall–Kier alpha value is -2.53. The maximum atomic E-state index is 11.4. The molecule has 0 radical (unpaired) electrons.